The van der Waals surface area contributed by atoms with Gasteiger partial charge in [-0.15, -0.1) is 0 Å². The normalized spacial score (nSPS) is 17.1. The summed E-state index contributed by atoms with van der Waals surface area (Å²) in [4.78, 5) is 12.6. The molecule has 6 nitrogen and oxygen atoms in total. The molecule has 0 radical (unpaired) electrons. The first-order valence-electron chi connectivity index (χ1n) is 7.41. The van der Waals surface area contributed by atoms with Gasteiger partial charge >= 0.3 is 0 Å². The molecule has 1 aliphatic heterocycles. The molecule has 1 aromatic carbocycles. The summed E-state index contributed by atoms with van der Waals surface area (Å²) in [6, 6.07) is 9.46. The second-order valence-electron chi connectivity index (χ2n) is 5.40. The molecular weight excluding hydrogens is 280 g/mol. The fraction of sp³-hybridized carbons (Fsp3) is 0.375. The van der Waals surface area contributed by atoms with Crippen molar-refractivity contribution in [2.24, 2.45) is 0 Å². The lowest BCUT2D eigenvalue weighted by molar-refractivity contribution is -0.140. The molecule has 2 aromatic rings. The van der Waals surface area contributed by atoms with Crippen molar-refractivity contribution in [3.8, 4) is 5.69 Å². The molecule has 2 heterocycles. The Morgan fingerprint density at radius 3 is 2.64 bits per heavy atom. The molecule has 0 atom stereocenters. The molecule has 1 fully saturated rings. The minimum absolute atomic E-state index is 0.0802. The van der Waals surface area contributed by atoms with Gasteiger partial charge in [-0.1, -0.05) is 0 Å². The molecule has 22 heavy (non-hydrogen) atoms. The highest BCUT2D eigenvalue weighted by atomic mass is 16.5. The molecule has 1 amide bonds. The van der Waals surface area contributed by atoms with Gasteiger partial charge in [0.2, 0.25) is 0 Å². The van der Waals surface area contributed by atoms with Crippen LogP contribution in [0.15, 0.2) is 42.7 Å². The van der Waals surface area contributed by atoms with Crippen molar-refractivity contribution in [1.29, 1.82) is 0 Å². The first kappa shape index (κ1) is 14.7. The Labute approximate surface area is 129 Å². The number of anilines is 1. The summed E-state index contributed by atoms with van der Waals surface area (Å²) in [7, 11) is 1.60. The van der Waals surface area contributed by atoms with Gasteiger partial charge in [0.15, 0.2) is 0 Å². The van der Waals surface area contributed by atoms with Gasteiger partial charge in [0.05, 0.1) is 5.69 Å². The molecule has 116 valence electrons. The van der Waals surface area contributed by atoms with Gasteiger partial charge < -0.3 is 15.4 Å². The van der Waals surface area contributed by atoms with Crippen LogP contribution in [0.5, 0.6) is 0 Å². The Bertz CT molecular complexity index is 616. The molecule has 3 rings (SSSR count). The predicted octanol–water partition coefficient (Wildman–Crippen LogP) is 1.58. The molecule has 1 saturated heterocycles. The Kier molecular flexibility index (Phi) is 4.22. The van der Waals surface area contributed by atoms with E-state index < -0.39 is 5.60 Å². The first-order valence-corrected chi connectivity index (χ1v) is 7.41. The highest BCUT2D eigenvalue weighted by Gasteiger charge is 2.39. The van der Waals surface area contributed by atoms with E-state index in [0.717, 1.165) is 24.5 Å². The maximum Gasteiger partial charge on any atom is 0.256 e. The van der Waals surface area contributed by atoms with Gasteiger partial charge in [-0.3, -0.25) is 4.79 Å². The average Bonchev–Trinajstić information content (AvgIpc) is 3.10. The maximum absolute atomic E-state index is 12.6. The lowest BCUT2D eigenvalue weighted by Gasteiger charge is -2.34. The number of hydrogen-bond acceptors (Lipinski definition) is 4. The summed E-state index contributed by atoms with van der Waals surface area (Å²) in [6.07, 6.45) is 4.97. The molecule has 0 spiro atoms. The summed E-state index contributed by atoms with van der Waals surface area (Å²) in [5.41, 5.74) is 0.980. The Balaban J connectivity index is 1.71. The van der Waals surface area contributed by atoms with Crippen LogP contribution < -0.4 is 10.6 Å². The van der Waals surface area contributed by atoms with Crippen molar-refractivity contribution < 1.29 is 9.53 Å². The van der Waals surface area contributed by atoms with E-state index in [9.17, 15) is 4.79 Å². The van der Waals surface area contributed by atoms with Crippen LogP contribution in [0.25, 0.3) is 5.69 Å². The largest absolute Gasteiger partial charge is 0.368 e. The number of hydrogen-bond donors (Lipinski definition) is 2. The third-order valence-corrected chi connectivity index (χ3v) is 4.11. The number of piperidine rings is 1. The van der Waals surface area contributed by atoms with E-state index in [2.05, 4.69) is 15.7 Å². The van der Waals surface area contributed by atoms with E-state index in [4.69, 9.17) is 4.74 Å². The maximum atomic E-state index is 12.6. The third kappa shape index (κ3) is 2.88. The Morgan fingerprint density at radius 2 is 2.05 bits per heavy atom. The molecule has 2 N–H and O–H groups in total. The van der Waals surface area contributed by atoms with Crippen molar-refractivity contribution in [3.63, 3.8) is 0 Å². The fourth-order valence-corrected chi connectivity index (χ4v) is 2.72. The quantitative estimate of drug-likeness (QED) is 0.899. The van der Waals surface area contributed by atoms with Crippen LogP contribution in [0.4, 0.5) is 5.69 Å². The Morgan fingerprint density at radius 1 is 1.32 bits per heavy atom. The van der Waals surface area contributed by atoms with Crippen LogP contribution >= 0.6 is 0 Å². The monoisotopic (exact) mass is 300 g/mol. The minimum atomic E-state index is -0.730. The smallest absolute Gasteiger partial charge is 0.256 e. The van der Waals surface area contributed by atoms with Crippen molar-refractivity contribution >= 4 is 11.6 Å². The zero-order chi connectivity index (χ0) is 15.4. The number of rotatable bonds is 4. The number of carbonyl (C=O) groups excluding carboxylic acids is 1. The molecule has 1 aromatic heterocycles. The summed E-state index contributed by atoms with van der Waals surface area (Å²) < 4.78 is 7.30. The van der Waals surface area contributed by atoms with Gasteiger partial charge in [-0.25, -0.2) is 4.68 Å². The van der Waals surface area contributed by atoms with Crippen LogP contribution in [-0.4, -0.2) is 41.5 Å². The second kappa shape index (κ2) is 6.29. The highest BCUT2D eigenvalue weighted by Crippen LogP contribution is 2.24. The molecule has 0 bridgehead atoms. The summed E-state index contributed by atoms with van der Waals surface area (Å²) in [5.74, 6) is -0.0802. The number of aromatic nitrogens is 2. The number of methoxy groups -OCH3 is 1. The minimum Gasteiger partial charge on any atom is -0.368 e. The fourth-order valence-electron chi connectivity index (χ4n) is 2.72. The van der Waals surface area contributed by atoms with Gasteiger partial charge in [0.25, 0.3) is 5.91 Å². The van der Waals surface area contributed by atoms with E-state index in [1.807, 2.05) is 36.5 Å². The van der Waals surface area contributed by atoms with Gasteiger partial charge in [0, 0.05) is 25.2 Å². The summed E-state index contributed by atoms with van der Waals surface area (Å²) in [6.45, 7) is 1.58. The van der Waals surface area contributed by atoms with Gasteiger partial charge in [0.1, 0.15) is 5.60 Å². The number of carbonyl (C=O) groups is 1. The standard InChI is InChI=1S/C16H20N4O2/c1-22-16(7-10-17-11-8-16)15(21)19-13-3-5-14(6-4-13)20-12-2-9-18-20/h2-6,9,12,17H,7-8,10-11H2,1H3,(H,19,21). The zero-order valence-corrected chi connectivity index (χ0v) is 12.6. The number of nitrogens with one attached hydrogen (secondary N) is 2. The molecule has 0 aliphatic carbocycles. The van der Waals surface area contributed by atoms with Crippen molar-refractivity contribution in [1.82, 2.24) is 15.1 Å². The van der Waals surface area contributed by atoms with Crippen molar-refractivity contribution in [2.45, 2.75) is 18.4 Å². The van der Waals surface area contributed by atoms with E-state index in [-0.39, 0.29) is 5.91 Å². The van der Waals surface area contributed by atoms with Crippen LogP contribution in [0.2, 0.25) is 0 Å². The molecule has 6 heteroatoms. The van der Waals surface area contributed by atoms with Crippen LogP contribution in [0.3, 0.4) is 0 Å². The molecule has 0 saturated carbocycles. The highest BCUT2D eigenvalue weighted by molar-refractivity contribution is 5.97. The average molecular weight is 300 g/mol. The SMILES string of the molecule is COC1(C(=O)Nc2ccc(-n3cccn3)cc2)CCNCC1. The number of benzene rings is 1. The van der Waals surface area contributed by atoms with Crippen LogP contribution in [0, 0.1) is 0 Å². The third-order valence-electron chi connectivity index (χ3n) is 4.11. The van der Waals surface area contributed by atoms with E-state index >= 15 is 0 Å². The number of ether oxygens (including phenoxy) is 1. The summed E-state index contributed by atoms with van der Waals surface area (Å²) >= 11 is 0. The molecular formula is C16H20N4O2. The van der Waals surface area contributed by atoms with Crippen molar-refractivity contribution in [3.05, 3.63) is 42.7 Å². The molecule has 0 unspecified atom stereocenters. The second-order valence-corrected chi connectivity index (χ2v) is 5.40. The van der Waals surface area contributed by atoms with E-state index in [1.165, 1.54) is 0 Å². The lowest BCUT2D eigenvalue weighted by atomic mass is 9.91. The predicted molar refractivity (Wildman–Crippen MR) is 84.0 cm³/mol. The van der Waals surface area contributed by atoms with Gasteiger partial charge in [-0.2, -0.15) is 5.10 Å². The number of nitrogens with zero attached hydrogens (tertiary/aromatic N) is 2. The van der Waals surface area contributed by atoms with Gasteiger partial charge in [-0.05, 0) is 56.3 Å². The lowest BCUT2D eigenvalue weighted by Crippen LogP contribution is -2.51. The van der Waals surface area contributed by atoms with Crippen molar-refractivity contribution in [2.75, 3.05) is 25.5 Å². The van der Waals surface area contributed by atoms with Crippen LogP contribution in [-0.2, 0) is 9.53 Å². The van der Waals surface area contributed by atoms with Crippen LogP contribution in [0.1, 0.15) is 12.8 Å². The van der Waals surface area contributed by atoms with E-state index in [1.54, 1.807) is 18.0 Å². The van der Waals surface area contributed by atoms with E-state index in [0.29, 0.717) is 12.8 Å². The Hall–Kier alpha value is -2.18. The topological polar surface area (TPSA) is 68.2 Å². The zero-order valence-electron chi connectivity index (χ0n) is 12.6. The molecule has 1 aliphatic rings. The number of amides is 1. The first-order chi connectivity index (χ1) is 10.7. The summed E-state index contributed by atoms with van der Waals surface area (Å²) in [5, 5.41) is 10.4.